The largest absolute Gasteiger partial charge is 0.457 e. The maximum atomic E-state index is 12.4. The Bertz CT molecular complexity index is 850. The molecule has 0 atom stereocenters. The summed E-state index contributed by atoms with van der Waals surface area (Å²) in [6.45, 7) is 2.55. The lowest BCUT2D eigenvalue weighted by Crippen LogP contribution is -2.50. The number of rotatable bonds is 6. The number of carbonyl (C=O) groups is 2. The van der Waals surface area contributed by atoms with E-state index < -0.39 is 11.3 Å². The van der Waals surface area contributed by atoms with E-state index in [9.17, 15) is 14.8 Å². The number of amides is 2. The Kier molecular flexibility index (Phi) is 7.05. The predicted molar refractivity (Wildman–Crippen MR) is 113 cm³/mol. The lowest BCUT2D eigenvalue weighted by molar-refractivity contribution is -0.144. The molecule has 1 heterocycles. The Labute approximate surface area is 179 Å². The molecule has 0 spiro atoms. The summed E-state index contributed by atoms with van der Waals surface area (Å²) in [5, 5.41) is 9.86. The average Bonchev–Trinajstić information content (AvgIpc) is 2.74. The molecule has 0 aromatic heterocycles. The number of halogens is 1. The van der Waals surface area contributed by atoms with Gasteiger partial charge in [0.15, 0.2) is 0 Å². The lowest BCUT2D eigenvalue weighted by Gasteiger charge is -2.39. The van der Waals surface area contributed by atoms with E-state index in [-0.39, 0.29) is 5.91 Å². The maximum absolute atomic E-state index is 12.4. The molecule has 1 fully saturated rings. The number of nitrogens with zero attached hydrogens (tertiary/aromatic N) is 1. The van der Waals surface area contributed by atoms with E-state index in [2.05, 4.69) is 0 Å². The van der Waals surface area contributed by atoms with Gasteiger partial charge in [0.05, 0.1) is 5.41 Å². The van der Waals surface area contributed by atoms with Crippen molar-refractivity contribution in [1.29, 1.82) is 0 Å². The third-order valence-electron chi connectivity index (χ3n) is 5.14. The molecule has 3 rings (SSSR count). The van der Waals surface area contributed by atoms with Crippen LogP contribution in [0.15, 0.2) is 53.4 Å². The van der Waals surface area contributed by atoms with E-state index in [1.807, 2.05) is 29.7 Å². The van der Waals surface area contributed by atoms with Gasteiger partial charge in [-0.2, -0.15) is 0 Å². The van der Waals surface area contributed by atoms with Crippen molar-refractivity contribution in [2.45, 2.75) is 24.7 Å². The highest BCUT2D eigenvalue weighted by atomic mass is 35.5. The van der Waals surface area contributed by atoms with Crippen LogP contribution < -0.4 is 10.2 Å². The van der Waals surface area contributed by atoms with Gasteiger partial charge < -0.3 is 9.64 Å². The van der Waals surface area contributed by atoms with Crippen LogP contribution in [0.4, 0.5) is 0 Å². The zero-order valence-electron chi connectivity index (χ0n) is 16.1. The molecule has 1 saturated heterocycles. The molecule has 0 bridgehead atoms. The van der Waals surface area contributed by atoms with Crippen LogP contribution in [0.25, 0.3) is 0 Å². The molecule has 0 unspecified atom stereocenters. The number of hydroxylamine groups is 1. The monoisotopic (exact) mass is 434 g/mol. The van der Waals surface area contributed by atoms with E-state index in [0.717, 1.165) is 4.90 Å². The van der Waals surface area contributed by atoms with Crippen LogP contribution in [0.3, 0.4) is 0 Å². The van der Waals surface area contributed by atoms with Crippen molar-refractivity contribution >= 4 is 35.2 Å². The number of piperidine rings is 1. The van der Waals surface area contributed by atoms with E-state index in [0.29, 0.717) is 48.2 Å². The molecule has 0 radical (unpaired) electrons. The number of likely N-dealkylation sites (tertiary alicyclic amines) is 1. The minimum absolute atomic E-state index is 0.00642. The first-order chi connectivity index (χ1) is 13.9. The SMILES string of the molecule is CC(=O)N1CCC(CSc2ccc(Oc3ccc(Cl)cc3)cc2)(C(=O)NO)CC1. The molecular weight excluding hydrogens is 412 g/mol. The Hall–Kier alpha value is -2.22. The van der Waals surface area contributed by atoms with Gasteiger partial charge >= 0.3 is 0 Å². The Morgan fingerprint density at radius 1 is 1.10 bits per heavy atom. The Balaban J connectivity index is 1.61. The van der Waals surface area contributed by atoms with Gasteiger partial charge in [-0.1, -0.05) is 11.6 Å². The third-order valence-corrected chi connectivity index (χ3v) is 6.69. The van der Waals surface area contributed by atoms with E-state index in [1.165, 1.54) is 6.92 Å². The zero-order valence-corrected chi connectivity index (χ0v) is 17.6. The Morgan fingerprint density at radius 3 is 2.17 bits per heavy atom. The summed E-state index contributed by atoms with van der Waals surface area (Å²) in [5.74, 6) is 1.53. The zero-order chi connectivity index (χ0) is 20.9. The van der Waals surface area contributed by atoms with Gasteiger partial charge in [-0.05, 0) is 61.4 Å². The fourth-order valence-corrected chi connectivity index (χ4v) is 4.59. The first-order valence-corrected chi connectivity index (χ1v) is 10.6. The fraction of sp³-hybridized carbons (Fsp3) is 0.333. The highest BCUT2D eigenvalue weighted by molar-refractivity contribution is 7.99. The van der Waals surface area contributed by atoms with Gasteiger partial charge in [0.2, 0.25) is 5.91 Å². The normalized spacial score (nSPS) is 15.6. The van der Waals surface area contributed by atoms with Gasteiger partial charge in [-0.25, -0.2) is 5.48 Å². The van der Waals surface area contributed by atoms with Crippen molar-refractivity contribution in [2.24, 2.45) is 5.41 Å². The van der Waals surface area contributed by atoms with Crippen molar-refractivity contribution in [3.05, 3.63) is 53.6 Å². The predicted octanol–water partition coefficient (Wildman–Crippen LogP) is 4.36. The fourth-order valence-electron chi connectivity index (χ4n) is 3.27. The van der Waals surface area contributed by atoms with Gasteiger partial charge in [0, 0.05) is 35.7 Å². The van der Waals surface area contributed by atoms with Crippen LogP contribution in [-0.2, 0) is 9.59 Å². The molecule has 1 aliphatic heterocycles. The summed E-state index contributed by atoms with van der Waals surface area (Å²) in [4.78, 5) is 26.6. The van der Waals surface area contributed by atoms with Crippen LogP contribution >= 0.6 is 23.4 Å². The first kappa shape index (κ1) is 21.5. The smallest absolute Gasteiger partial charge is 0.250 e. The van der Waals surface area contributed by atoms with Crippen LogP contribution in [0.5, 0.6) is 11.5 Å². The standard InChI is InChI=1S/C21H23ClN2O4S/c1-15(25)24-12-10-21(11-13-24,20(26)23-27)14-29-19-8-6-18(7-9-19)28-17-4-2-16(22)3-5-17/h2-9,27H,10-14H2,1H3,(H,23,26). The van der Waals surface area contributed by atoms with Crippen molar-refractivity contribution < 1.29 is 19.5 Å². The molecule has 2 aromatic rings. The van der Waals surface area contributed by atoms with Crippen molar-refractivity contribution in [3.63, 3.8) is 0 Å². The number of carbonyl (C=O) groups excluding carboxylic acids is 2. The average molecular weight is 435 g/mol. The second kappa shape index (κ2) is 9.52. The van der Waals surface area contributed by atoms with Gasteiger partial charge in [0.25, 0.3) is 5.91 Å². The van der Waals surface area contributed by atoms with Gasteiger partial charge in [-0.15, -0.1) is 11.8 Å². The summed E-state index contributed by atoms with van der Waals surface area (Å²) in [6.07, 6.45) is 1.04. The molecule has 6 nitrogen and oxygen atoms in total. The number of benzene rings is 2. The molecule has 154 valence electrons. The highest BCUT2D eigenvalue weighted by Gasteiger charge is 2.41. The quantitative estimate of drug-likeness (QED) is 0.401. The minimum Gasteiger partial charge on any atom is -0.457 e. The van der Waals surface area contributed by atoms with E-state index >= 15 is 0 Å². The molecule has 0 saturated carbocycles. The summed E-state index contributed by atoms with van der Waals surface area (Å²) in [5.41, 5.74) is 1.11. The van der Waals surface area contributed by atoms with Gasteiger partial charge in [-0.3, -0.25) is 14.8 Å². The highest BCUT2D eigenvalue weighted by Crippen LogP contribution is 2.38. The molecule has 29 heavy (non-hydrogen) atoms. The topological polar surface area (TPSA) is 78.9 Å². The van der Waals surface area contributed by atoms with E-state index in [1.54, 1.807) is 40.9 Å². The molecule has 2 N–H and O–H groups in total. The second-order valence-corrected chi connectivity index (χ2v) is 8.53. The van der Waals surface area contributed by atoms with Crippen LogP contribution in [0.1, 0.15) is 19.8 Å². The summed E-state index contributed by atoms with van der Waals surface area (Å²) >= 11 is 7.43. The van der Waals surface area contributed by atoms with Crippen molar-refractivity contribution in [2.75, 3.05) is 18.8 Å². The van der Waals surface area contributed by atoms with Crippen LogP contribution in [0.2, 0.25) is 5.02 Å². The number of hydrogen-bond donors (Lipinski definition) is 2. The van der Waals surface area contributed by atoms with Crippen molar-refractivity contribution in [1.82, 2.24) is 10.4 Å². The summed E-state index contributed by atoms with van der Waals surface area (Å²) in [6, 6.07) is 14.7. The number of nitrogens with one attached hydrogen (secondary N) is 1. The van der Waals surface area contributed by atoms with Crippen molar-refractivity contribution in [3.8, 4) is 11.5 Å². The molecule has 0 aliphatic carbocycles. The summed E-state index contributed by atoms with van der Waals surface area (Å²) in [7, 11) is 0. The number of ether oxygens (including phenoxy) is 1. The maximum Gasteiger partial charge on any atom is 0.250 e. The second-order valence-electron chi connectivity index (χ2n) is 7.04. The van der Waals surface area contributed by atoms with Gasteiger partial charge in [0.1, 0.15) is 11.5 Å². The van der Waals surface area contributed by atoms with E-state index in [4.69, 9.17) is 16.3 Å². The molecular formula is C21H23ClN2O4S. The van der Waals surface area contributed by atoms with Crippen LogP contribution in [0, 0.1) is 5.41 Å². The Morgan fingerprint density at radius 2 is 1.66 bits per heavy atom. The van der Waals surface area contributed by atoms with Crippen LogP contribution in [-0.4, -0.2) is 40.8 Å². The minimum atomic E-state index is -0.705. The number of hydrogen-bond acceptors (Lipinski definition) is 5. The lowest BCUT2D eigenvalue weighted by atomic mass is 9.79. The number of thioether (sulfide) groups is 1. The molecule has 2 aromatic carbocycles. The molecule has 8 heteroatoms. The summed E-state index contributed by atoms with van der Waals surface area (Å²) < 4.78 is 5.79. The molecule has 2 amide bonds. The molecule has 1 aliphatic rings. The third kappa shape index (κ3) is 5.44. The first-order valence-electron chi connectivity index (χ1n) is 9.28.